The summed E-state index contributed by atoms with van der Waals surface area (Å²) in [5.41, 5.74) is 0.728. The van der Waals surface area contributed by atoms with Gasteiger partial charge in [0, 0.05) is 17.9 Å². The first-order valence-corrected chi connectivity index (χ1v) is 6.15. The van der Waals surface area contributed by atoms with E-state index in [2.05, 4.69) is 0 Å². The molecule has 0 amide bonds. The Labute approximate surface area is 105 Å². The molecule has 1 aromatic carbocycles. The molecule has 0 bridgehead atoms. The molecule has 0 spiro atoms. The number of benzene rings is 1. The van der Waals surface area contributed by atoms with Gasteiger partial charge in [0.25, 0.3) is 0 Å². The summed E-state index contributed by atoms with van der Waals surface area (Å²) in [7, 11) is 0. The molecule has 1 aromatic rings. The van der Waals surface area contributed by atoms with Gasteiger partial charge in [-0.05, 0) is 24.5 Å². The number of alkyl halides is 1. The molecule has 16 heavy (non-hydrogen) atoms. The van der Waals surface area contributed by atoms with Gasteiger partial charge in [-0.2, -0.15) is 0 Å². The maximum absolute atomic E-state index is 13.3. The Morgan fingerprint density at radius 3 is 2.88 bits per heavy atom. The van der Waals surface area contributed by atoms with Gasteiger partial charge in [0.05, 0.1) is 11.6 Å². The second-order valence-corrected chi connectivity index (χ2v) is 4.97. The monoisotopic (exact) mass is 262 g/mol. The Kier molecular flexibility index (Phi) is 3.73. The van der Waals surface area contributed by atoms with Crippen LogP contribution in [-0.2, 0) is 11.2 Å². The van der Waals surface area contributed by atoms with Crippen molar-refractivity contribution < 1.29 is 9.13 Å². The molecular weight excluding hydrogens is 250 g/mol. The third-order valence-corrected chi connectivity index (χ3v) is 4.06. The van der Waals surface area contributed by atoms with Crippen molar-refractivity contribution >= 4 is 23.2 Å². The molecule has 0 aromatic heterocycles. The van der Waals surface area contributed by atoms with Crippen LogP contribution < -0.4 is 0 Å². The average Bonchev–Trinajstić information content (AvgIpc) is 2.74. The summed E-state index contributed by atoms with van der Waals surface area (Å²) in [6, 6.07) is 4.89. The first-order valence-electron chi connectivity index (χ1n) is 5.23. The van der Waals surface area contributed by atoms with Crippen LogP contribution in [0.2, 0.25) is 5.02 Å². The fourth-order valence-electron chi connectivity index (χ4n) is 2.03. The summed E-state index contributed by atoms with van der Waals surface area (Å²) in [6.07, 6.45) is 1.58. The second-order valence-electron chi connectivity index (χ2n) is 4.33. The molecule has 1 fully saturated rings. The van der Waals surface area contributed by atoms with Crippen molar-refractivity contribution in [2.24, 2.45) is 5.41 Å². The van der Waals surface area contributed by atoms with Crippen molar-refractivity contribution in [2.75, 3.05) is 19.1 Å². The smallest absolute Gasteiger partial charge is 0.142 e. The lowest BCUT2D eigenvalue weighted by atomic mass is 9.83. The lowest BCUT2D eigenvalue weighted by Gasteiger charge is -2.24. The molecule has 88 valence electrons. The fraction of sp³-hybridized carbons (Fsp3) is 0.500. The molecule has 1 unspecified atom stereocenters. The van der Waals surface area contributed by atoms with Crippen molar-refractivity contribution in [1.82, 2.24) is 0 Å². The van der Waals surface area contributed by atoms with E-state index in [-0.39, 0.29) is 16.3 Å². The van der Waals surface area contributed by atoms with Crippen LogP contribution in [-0.4, -0.2) is 19.1 Å². The molecule has 1 aliphatic heterocycles. The highest BCUT2D eigenvalue weighted by Crippen LogP contribution is 2.36. The topological polar surface area (TPSA) is 9.23 Å². The summed E-state index contributed by atoms with van der Waals surface area (Å²) < 4.78 is 18.7. The van der Waals surface area contributed by atoms with E-state index in [0.717, 1.165) is 18.6 Å². The van der Waals surface area contributed by atoms with Gasteiger partial charge in [-0.1, -0.05) is 23.7 Å². The lowest BCUT2D eigenvalue weighted by molar-refractivity contribution is 0.161. The Morgan fingerprint density at radius 1 is 1.44 bits per heavy atom. The predicted octanol–water partition coefficient (Wildman–Crippen LogP) is 3.67. The normalized spacial score (nSPS) is 24.9. The second kappa shape index (κ2) is 4.91. The van der Waals surface area contributed by atoms with E-state index in [4.69, 9.17) is 27.9 Å². The molecular formula is C12H13Cl2FO. The van der Waals surface area contributed by atoms with Gasteiger partial charge in [-0.3, -0.25) is 0 Å². The third-order valence-electron chi connectivity index (χ3n) is 3.07. The van der Waals surface area contributed by atoms with E-state index in [0.29, 0.717) is 18.9 Å². The van der Waals surface area contributed by atoms with E-state index in [1.54, 1.807) is 6.07 Å². The molecule has 1 aliphatic rings. The molecule has 1 saturated heterocycles. The lowest BCUT2D eigenvalue weighted by Crippen LogP contribution is -2.26. The minimum Gasteiger partial charge on any atom is -0.381 e. The maximum atomic E-state index is 13.3. The summed E-state index contributed by atoms with van der Waals surface area (Å²) in [6.45, 7) is 1.35. The minimum atomic E-state index is -0.372. The van der Waals surface area contributed by atoms with Crippen LogP contribution in [0.5, 0.6) is 0 Å². The molecule has 0 radical (unpaired) electrons. The molecule has 1 atom stereocenters. The van der Waals surface area contributed by atoms with Crippen LogP contribution in [0, 0.1) is 11.2 Å². The highest BCUT2D eigenvalue weighted by molar-refractivity contribution is 6.31. The third kappa shape index (κ3) is 2.34. The van der Waals surface area contributed by atoms with Gasteiger partial charge in [0.2, 0.25) is 0 Å². The quantitative estimate of drug-likeness (QED) is 0.756. The number of hydrogen-bond donors (Lipinski definition) is 0. The first kappa shape index (κ1) is 12.2. The molecule has 1 nitrogen and oxygen atoms in total. The Balaban J connectivity index is 2.22. The SMILES string of the molecule is Fc1cccc(CC2(CCl)CCOC2)c1Cl. The Morgan fingerprint density at radius 2 is 2.25 bits per heavy atom. The van der Waals surface area contributed by atoms with E-state index < -0.39 is 0 Å². The van der Waals surface area contributed by atoms with Crippen molar-refractivity contribution in [3.05, 3.63) is 34.6 Å². The zero-order chi connectivity index (χ0) is 11.6. The van der Waals surface area contributed by atoms with Crippen molar-refractivity contribution in [1.29, 1.82) is 0 Å². The Bertz CT molecular complexity index is 375. The molecule has 0 N–H and O–H groups in total. The number of halogens is 3. The Hall–Kier alpha value is -0.310. The van der Waals surface area contributed by atoms with Gasteiger partial charge in [-0.25, -0.2) is 4.39 Å². The van der Waals surface area contributed by atoms with Gasteiger partial charge in [0.1, 0.15) is 5.82 Å². The van der Waals surface area contributed by atoms with Crippen LogP contribution in [0.15, 0.2) is 18.2 Å². The summed E-state index contributed by atoms with van der Waals surface area (Å²) in [4.78, 5) is 0. The van der Waals surface area contributed by atoms with Gasteiger partial charge in [0.15, 0.2) is 0 Å². The molecule has 1 heterocycles. The van der Waals surface area contributed by atoms with Crippen molar-refractivity contribution in [2.45, 2.75) is 12.8 Å². The van der Waals surface area contributed by atoms with Crippen LogP contribution >= 0.6 is 23.2 Å². The number of hydrogen-bond acceptors (Lipinski definition) is 1. The molecule has 2 rings (SSSR count). The van der Waals surface area contributed by atoms with Gasteiger partial charge < -0.3 is 4.74 Å². The highest BCUT2D eigenvalue weighted by Gasteiger charge is 2.34. The van der Waals surface area contributed by atoms with Crippen LogP contribution in [0.1, 0.15) is 12.0 Å². The van der Waals surface area contributed by atoms with E-state index in [1.165, 1.54) is 6.07 Å². The standard InChI is InChI=1S/C12H13Cl2FO/c13-7-12(4-5-16-8-12)6-9-2-1-3-10(15)11(9)14/h1-3H,4-8H2. The molecule has 4 heteroatoms. The summed E-state index contributed by atoms with van der Waals surface area (Å²) in [5.74, 6) is 0.141. The zero-order valence-electron chi connectivity index (χ0n) is 8.81. The van der Waals surface area contributed by atoms with E-state index in [1.807, 2.05) is 6.07 Å². The predicted molar refractivity (Wildman–Crippen MR) is 63.7 cm³/mol. The minimum absolute atomic E-state index is 0.0843. The van der Waals surface area contributed by atoms with Gasteiger partial charge in [-0.15, -0.1) is 11.6 Å². The van der Waals surface area contributed by atoms with Crippen LogP contribution in [0.3, 0.4) is 0 Å². The van der Waals surface area contributed by atoms with Crippen LogP contribution in [0.25, 0.3) is 0 Å². The zero-order valence-corrected chi connectivity index (χ0v) is 10.3. The molecule has 0 aliphatic carbocycles. The highest BCUT2D eigenvalue weighted by atomic mass is 35.5. The van der Waals surface area contributed by atoms with Gasteiger partial charge >= 0.3 is 0 Å². The van der Waals surface area contributed by atoms with Crippen molar-refractivity contribution in [3.8, 4) is 0 Å². The maximum Gasteiger partial charge on any atom is 0.142 e. The average molecular weight is 263 g/mol. The fourth-order valence-corrected chi connectivity index (χ4v) is 2.53. The van der Waals surface area contributed by atoms with E-state index >= 15 is 0 Å². The largest absolute Gasteiger partial charge is 0.381 e. The van der Waals surface area contributed by atoms with Crippen molar-refractivity contribution in [3.63, 3.8) is 0 Å². The first-order chi connectivity index (χ1) is 7.67. The summed E-state index contributed by atoms with van der Waals surface area (Å²) in [5, 5.41) is 0.207. The summed E-state index contributed by atoms with van der Waals surface area (Å²) >= 11 is 11.9. The number of rotatable bonds is 3. The van der Waals surface area contributed by atoms with E-state index in [9.17, 15) is 4.39 Å². The van der Waals surface area contributed by atoms with Crippen LogP contribution in [0.4, 0.5) is 4.39 Å². The molecule has 0 saturated carbocycles. The number of ether oxygens (including phenoxy) is 1.